The molecule has 0 aliphatic heterocycles. The van der Waals surface area contributed by atoms with E-state index in [-0.39, 0.29) is 12.5 Å². The summed E-state index contributed by atoms with van der Waals surface area (Å²) in [6.07, 6.45) is 0. The molecule has 100 valence electrons. The normalized spacial score (nSPS) is 10.0. The number of hydrogen-bond donors (Lipinski definition) is 2. The Labute approximate surface area is 109 Å². The van der Waals surface area contributed by atoms with E-state index in [0.29, 0.717) is 22.9 Å². The Morgan fingerprint density at radius 3 is 2.74 bits per heavy atom. The second-order valence-corrected chi connectivity index (χ2v) is 3.58. The number of aromatic amines is 1. The molecule has 0 fully saturated rings. The quantitative estimate of drug-likeness (QED) is 0.796. The van der Waals surface area contributed by atoms with Crippen LogP contribution in [0.25, 0.3) is 0 Å². The van der Waals surface area contributed by atoms with Crippen LogP contribution in [0, 0.1) is 0 Å². The van der Waals surface area contributed by atoms with Gasteiger partial charge < -0.3 is 14.8 Å². The summed E-state index contributed by atoms with van der Waals surface area (Å²) in [6, 6.07) is 4.92. The molecule has 8 heteroatoms. The first-order chi connectivity index (χ1) is 9.24. The number of nitrogens with one attached hydrogen (secondary N) is 2. The Bertz CT molecular complexity index is 555. The van der Waals surface area contributed by atoms with Crippen LogP contribution < -0.4 is 14.8 Å². The molecule has 8 nitrogen and oxygen atoms in total. The average molecular weight is 263 g/mol. The number of nitrogens with zero attached hydrogens (tertiary/aromatic N) is 3. The summed E-state index contributed by atoms with van der Waals surface area (Å²) in [4.78, 5) is 11.9. The number of ether oxygens (including phenoxy) is 2. The van der Waals surface area contributed by atoms with Gasteiger partial charge in [-0.15, -0.1) is 10.2 Å². The maximum Gasteiger partial charge on any atom is 0.251 e. The third kappa shape index (κ3) is 2.97. The molecule has 0 aliphatic rings. The summed E-state index contributed by atoms with van der Waals surface area (Å²) in [7, 11) is 3.05. The molecule has 19 heavy (non-hydrogen) atoms. The summed E-state index contributed by atoms with van der Waals surface area (Å²) in [5.41, 5.74) is 0.459. The lowest BCUT2D eigenvalue weighted by Crippen LogP contribution is -2.23. The summed E-state index contributed by atoms with van der Waals surface area (Å²) in [5, 5.41) is 15.8. The van der Waals surface area contributed by atoms with Gasteiger partial charge in [0.2, 0.25) is 0 Å². The van der Waals surface area contributed by atoms with Gasteiger partial charge in [0, 0.05) is 5.56 Å². The van der Waals surface area contributed by atoms with Gasteiger partial charge in [0.15, 0.2) is 17.3 Å². The van der Waals surface area contributed by atoms with Crippen molar-refractivity contribution in [2.24, 2.45) is 0 Å². The molecule has 0 unspecified atom stereocenters. The van der Waals surface area contributed by atoms with Crippen LogP contribution in [0.4, 0.5) is 0 Å². The third-order valence-corrected chi connectivity index (χ3v) is 2.44. The molecule has 0 saturated heterocycles. The second-order valence-electron chi connectivity index (χ2n) is 3.58. The topological polar surface area (TPSA) is 102 Å². The fraction of sp³-hybridized carbons (Fsp3) is 0.273. The molecule has 1 aromatic heterocycles. The minimum atomic E-state index is -0.259. The Balaban J connectivity index is 2.06. The predicted molar refractivity (Wildman–Crippen MR) is 64.9 cm³/mol. The molecule has 1 heterocycles. The molecule has 0 bridgehead atoms. The molecule has 1 amide bonds. The predicted octanol–water partition coefficient (Wildman–Crippen LogP) is 0.147. The molecule has 0 aliphatic carbocycles. The second kappa shape index (κ2) is 5.80. The molecule has 0 saturated carbocycles. The van der Waals surface area contributed by atoms with Crippen LogP contribution >= 0.6 is 0 Å². The van der Waals surface area contributed by atoms with E-state index in [0.717, 1.165) is 0 Å². The van der Waals surface area contributed by atoms with Gasteiger partial charge in [-0.25, -0.2) is 0 Å². The maximum absolute atomic E-state index is 11.9. The Morgan fingerprint density at radius 2 is 2.11 bits per heavy atom. The first-order valence-electron chi connectivity index (χ1n) is 5.47. The standard InChI is InChI=1S/C11H13N5O3/c1-18-8-4-3-7(5-9(8)19-2)11(17)12-6-10-13-15-16-14-10/h3-5H,6H2,1-2H3,(H,12,17)(H,13,14,15,16). The van der Waals surface area contributed by atoms with Crippen molar-refractivity contribution < 1.29 is 14.3 Å². The highest BCUT2D eigenvalue weighted by Gasteiger charge is 2.11. The SMILES string of the molecule is COc1ccc(C(=O)NCc2nn[nH]n2)cc1OC. The van der Waals surface area contributed by atoms with Crippen molar-refractivity contribution in [2.75, 3.05) is 14.2 Å². The lowest BCUT2D eigenvalue weighted by molar-refractivity contribution is 0.0949. The fourth-order valence-corrected chi connectivity index (χ4v) is 1.50. The number of carbonyl (C=O) groups excluding carboxylic acids is 1. The van der Waals surface area contributed by atoms with Crippen molar-refractivity contribution in [2.45, 2.75) is 6.54 Å². The number of H-pyrrole nitrogens is 1. The number of rotatable bonds is 5. The minimum absolute atomic E-state index is 0.198. The fourth-order valence-electron chi connectivity index (χ4n) is 1.50. The summed E-state index contributed by atoms with van der Waals surface area (Å²) >= 11 is 0. The van der Waals surface area contributed by atoms with Crippen molar-refractivity contribution in [1.82, 2.24) is 25.9 Å². The average Bonchev–Trinajstić information content (AvgIpc) is 2.97. The van der Waals surface area contributed by atoms with E-state index in [9.17, 15) is 4.79 Å². The molecule has 2 N–H and O–H groups in total. The third-order valence-electron chi connectivity index (χ3n) is 2.44. The van der Waals surface area contributed by atoms with Crippen molar-refractivity contribution in [3.05, 3.63) is 29.6 Å². The molecule has 2 aromatic rings. The summed E-state index contributed by atoms with van der Waals surface area (Å²) in [6.45, 7) is 0.198. The van der Waals surface area contributed by atoms with Crippen LogP contribution in [0.15, 0.2) is 18.2 Å². The summed E-state index contributed by atoms with van der Waals surface area (Å²) in [5.74, 6) is 1.21. The van der Waals surface area contributed by atoms with Crippen LogP contribution in [0.2, 0.25) is 0 Å². The van der Waals surface area contributed by atoms with E-state index >= 15 is 0 Å². The van der Waals surface area contributed by atoms with Gasteiger partial charge >= 0.3 is 0 Å². The molecule has 1 aromatic carbocycles. The Morgan fingerprint density at radius 1 is 1.32 bits per heavy atom. The van der Waals surface area contributed by atoms with Gasteiger partial charge in [0.05, 0.1) is 20.8 Å². The van der Waals surface area contributed by atoms with Crippen molar-refractivity contribution in [3.63, 3.8) is 0 Å². The van der Waals surface area contributed by atoms with Crippen LogP contribution in [-0.4, -0.2) is 40.8 Å². The number of tetrazole rings is 1. The Hall–Kier alpha value is -2.64. The van der Waals surface area contributed by atoms with Gasteiger partial charge in [-0.3, -0.25) is 4.79 Å². The first-order valence-corrected chi connectivity index (χ1v) is 5.47. The lowest BCUT2D eigenvalue weighted by atomic mass is 10.2. The molecule has 2 rings (SSSR count). The lowest BCUT2D eigenvalue weighted by Gasteiger charge is -2.09. The number of hydrogen-bond acceptors (Lipinski definition) is 6. The molecule has 0 radical (unpaired) electrons. The van der Waals surface area contributed by atoms with Crippen LogP contribution in [0.1, 0.15) is 16.2 Å². The van der Waals surface area contributed by atoms with Gasteiger partial charge in [-0.1, -0.05) is 5.21 Å². The molecular weight excluding hydrogens is 250 g/mol. The maximum atomic E-state index is 11.9. The number of carbonyl (C=O) groups is 1. The zero-order chi connectivity index (χ0) is 13.7. The van der Waals surface area contributed by atoms with Crippen LogP contribution in [0.3, 0.4) is 0 Å². The molecular formula is C11H13N5O3. The molecule has 0 spiro atoms. The zero-order valence-corrected chi connectivity index (χ0v) is 10.5. The molecule has 0 atom stereocenters. The number of amides is 1. The van der Waals surface area contributed by atoms with E-state index in [1.807, 2.05) is 0 Å². The zero-order valence-electron chi connectivity index (χ0n) is 10.5. The van der Waals surface area contributed by atoms with E-state index in [4.69, 9.17) is 9.47 Å². The van der Waals surface area contributed by atoms with E-state index < -0.39 is 0 Å². The van der Waals surface area contributed by atoms with Crippen molar-refractivity contribution >= 4 is 5.91 Å². The van der Waals surface area contributed by atoms with Gasteiger partial charge in [-0.05, 0) is 18.2 Å². The largest absolute Gasteiger partial charge is 0.493 e. The Kier molecular flexibility index (Phi) is 3.91. The number of methoxy groups -OCH3 is 2. The highest BCUT2D eigenvalue weighted by Crippen LogP contribution is 2.27. The number of benzene rings is 1. The monoisotopic (exact) mass is 263 g/mol. The van der Waals surface area contributed by atoms with Gasteiger partial charge in [0.25, 0.3) is 5.91 Å². The van der Waals surface area contributed by atoms with Crippen molar-refractivity contribution in [3.8, 4) is 11.5 Å². The van der Waals surface area contributed by atoms with E-state index in [2.05, 4.69) is 25.9 Å². The first kappa shape index (κ1) is 12.8. The minimum Gasteiger partial charge on any atom is -0.493 e. The smallest absolute Gasteiger partial charge is 0.251 e. The van der Waals surface area contributed by atoms with Gasteiger partial charge in [0.1, 0.15) is 0 Å². The van der Waals surface area contributed by atoms with Crippen LogP contribution in [-0.2, 0) is 6.54 Å². The van der Waals surface area contributed by atoms with Crippen molar-refractivity contribution in [1.29, 1.82) is 0 Å². The van der Waals surface area contributed by atoms with Gasteiger partial charge in [-0.2, -0.15) is 5.21 Å². The summed E-state index contributed by atoms with van der Waals surface area (Å²) < 4.78 is 10.2. The highest BCUT2D eigenvalue weighted by atomic mass is 16.5. The highest BCUT2D eigenvalue weighted by molar-refractivity contribution is 5.94. The van der Waals surface area contributed by atoms with E-state index in [1.54, 1.807) is 18.2 Å². The van der Waals surface area contributed by atoms with E-state index in [1.165, 1.54) is 14.2 Å². The van der Waals surface area contributed by atoms with Crippen LogP contribution in [0.5, 0.6) is 11.5 Å². The number of aromatic nitrogens is 4.